The van der Waals surface area contributed by atoms with E-state index in [1.807, 2.05) is 38.1 Å². The minimum absolute atomic E-state index is 0.324. The van der Waals surface area contributed by atoms with Gasteiger partial charge in [-0.15, -0.1) is 0 Å². The molecule has 0 atom stereocenters. The van der Waals surface area contributed by atoms with Crippen LogP contribution in [0.4, 0.5) is 11.4 Å². The molecule has 0 saturated carbocycles. The number of halogens is 1. The number of anilines is 2. The smallest absolute Gasteiger partial charge is 0.262 e. The van der Waals surface area contributed by atoms with Crippen molar-refractivity contribution < 1.29 is 8.42 Å². The van der Waals surface area contributed by atoms with Gasteiger partial charge in [-0.2, -0.15) is 0 Å². The third kappa shape index (κ3) is 4.55. The first kappa shape index (κ1) is 19.8. The lowest BCUT2D eigenvalue weighted by Gasteiger charge is -2.22. The minimum atomic E-state index is -3.62. The van der Waals surface area contributed by atoms with Crippen LogP contribution in [0.3, 0.4) is 0 Å². The Balaban J connectivity index is 2.35. The lowest BCUT2D eigenvalue weighted by molar-refractivity contribution is 0.600. The van der Waals surface area contributed by atoms with Gasteiger partial charge < -0.3 is 4.90 Å². The summed E-state index contributed by atoms with van der Waals surface area (Å²) in [7, 11) is -3.62. The lowest BCUT2D eigenvalue weighted by Crippen LogP contribution is -2.22. The number of rotatable bonds is 7. The fourth-order valence-corrected chi connectivity index (χ4v) is 4.67. The number of benzene rings is 2. The highest BCUT2D eigenvalue weighted by molar-refractivity contribution is 9.10. The summed E-state index contributed by atoms with van der Waals surface area (Å²) >= 11 is 3.40. The second kappa shape index (κ2) is 8.23. The quantitative estimate of drug-likeness (QED) is 0.682. The second-order valence-corrected chi connectivity index (χ2v) is 8.45. The van der Waals surface area contributed by atoms with Gasteiger partial charge in [0.1, 0.15) is 0 Å². The monoisotopic (exact) mass is 424 g/mol. The molecule has 0 radical (unpaired) electrons. The van der Waals surface area contributed by atoms with Crippen LogP contribution < -0.4 is 9.62 Å². The Morgan fingerprint density at radius 2 is 1.72 bits per heavy atom. The van der Waals surface area contributed by atoms with E-state index in [1.165, 1.54) is 0 Å². The number of hydrogen-bond donors (Lipinski definition) is 1. The standard InChI is InChI=1S/C19H25BrN2O2S/c1-5-15-13-16(20)8-11-19(15)25(23,24)21-18-10-9-17(12-14(18)4)22(6-2)7-3/h8-13,21H,5-7H2,1-4H3. The Morgan fingerprint density at radius 1 is 1.04 bits per heavy atom. The maximum absolute atomic E-state index is 12.8. The third-order valence-corrected chi connectivity index (χ3v) is 6.24. The highest BCUT2D eigenvalue weighted by Crippen LogP contribution is 2.27. The van der Waals surface area contributed by atoms with Crippen molar-refractivity contribution in [3.8, 4) is 0 Å². The van der Waals surface area contributed by atoms with Crippen LogP contribution in [0.5, 0.6) is 0 Å². The van der Waals surface area contributed by atoms with Crippen LogP contribution in [-0.4, -0.2) is 21.5 Å². The van der Waals surface area contributed by atoms with E-state index in [2.05, 4.69) is 39.4 Å². The largest absolute Gasteiger partial charge is 0.372 e. The van der Waals surface area contributed by atoms with E-state index in [9.17, 15) is 8.42 Å². The Kier molecular flexibility index (Phi) is 6.52. The molecular formula is C19H25BrN2O2S. The molecule has 1 N–H and O–H groups in total. The first-order valence-electron chi connectivity index (χ1n) is 8.49. The zero-order valence-electron chi connectivity index (χ0n) is 15.1. The zero-order chi connectivity index (χ0) is 18.6. The number of sulfonamides is 1. The fraction of sp³-hybridized carbons (Fsp3) is 0.368. The lowest BCUT2D eigenvalue weighted by atomic mass is 10.1. The average Bonchev–Trinajstić information content (AvgIpc) is 2.57. The molecule has 0 aliphatic carbocycles. The number of nitrogens with one attached hydrogen (secondary N) is 1. The van der Waals surface area contributed by atoms with Crippen molar-refractivity contribution in [1.29, 1.82) is 0 Å². The van der Waals surface area contributed by atoms with Crippen LogP contribution in [0, 0.1) is 6.92 Å². The van der Waals surface area contributed by atoms with Crippen LogP contribution >= 0.6 is 15.9 Å². The molecule has 0 saturated heterocycles. The first-order valence-corrected chi connectivity index (χ1v) is 10.8. The summed E-state index contributed by atoms with van der Waals surface area (Å²) in [6, 6.07) is 11.1. The first-order chi connectivity index (χ1) is 11.8. The van der Waals surface area contributed by atoms with Crippen LogP contribution in [0.2, 0.25) is 0 Å². The van der Waals surface area contributed by atoms with Crippen LogP contribution in [0.1, 0.15) is 31.9 Å². The topological polar surface area (TPSA) is 49.4 Å². The summed E-state index contributed by atoms with van der Waals surface area (Å²) < 4.78 is 29.3. The predicted octanol–water partition coefficient (Wildman–Crippen LogP) is 4.97. The molecule has 0 unspecified atom stereocenters. The molecule has 6 heteroatoms. The van der Waals surface area contributed by atoms with E-state index in [4.69, 9.17) is 0 Å². The molecule has 0 heterocycles. The van der Waals surface area contributed by atoms with Gasteiger partial charge in [0.15, 0.2) is 0 Å². The van der Waals surface area contributed by atoms with Crippen molar-refractivity contribution in [1.82, 2.24) is 0 Å². The molecule has 0 aromatic heterocycles. The fourth-order valence-electron chi connectivity index (χ4n) is 2.83. The van der Waals surface area contributed by atoms with Crippen molar-refractivity contribution in [2.45, 2.75) is 39.0 Å². The highest BCUT2D eigenvalue weighted by Gasteiger charge is 2.19. The molecular weight excluding hydrogens is 400 g/mol. The number of aryl methyl sites for hydroxylation is 2. The van der Waals surface area contributed by atoms with Gasteiger partial charge in [-0.3, -0.25) is 4.72 Å². The maximum Gasteiger partial charge on any atom is 0.262 e. The van der Waals surface area contributed by atoms with Gasteiger partial charge in [-0.25, -0.2) is 8.42 Å². The van der Waals surface area contributed by atoms with Crippen LogP contribution in [0.25, 0.3) is 0 Å². The van der Waals surface area contributed by atoms with Gasteiger partial charge in [-0.05, 0) is 74.7 Å². The van der Waals surface area contributed by atoms with E-state index in [-0.39, 0.29) is 0 Å². The Morgan fingerprint density at radius 3 is 2.28 bits per heavy atom. The van der Waals surface area contributed by atoms with Gasteiger partial charge >= 0.3 is 0 Å². The van der Waals surface area contributed by atoms with Crippen molar-refractivity contribution in [3.05, 3.63) is 52.0 Å². The highest BCUT2D eigenvalue weighted by atomic mass is 79.9. The summed E-state index contributed by atoms with van der Waals surface area (Å²) in [5.74, 6) is 0. The molecule has 2 rings (SSSR count). The molecule has 136 valence electrons. The second-order valence-electron chi connectivity index (χ2n) is 5.88. The van der Waals surface area contributed by atoms with Crippen LogP contribution in [-0.2, 0) is 16.4 Å². The minimum Gasteiger partial charge on any atom is -0.372 e. The molecule has 0 amide bonds. The van der Waals surface area contributed by atoms with E-state index in [1.54, 1.807) is 12.1 Å². The number of hydrogen-bond acceptors (Lipinski definition) is 3. The summed E-state index contributed by atoms with van der Waals surface area (Å²) in [6.45, 7) is 9.92. The predicted molar refractivity (Wildman–Crippen MR) is 109 cm³/mol. The van der Waals surface area contributed by atoms with Gasteiger partial charge in [0, 0.05) is 23.2 Å². The molecule has 4 nitrogen and oxygen atoms in total. The molecule has 0 spiro atoms. The zero-order valence-corrected chi connectivity index (χ0v) is 17.5. The third-order valence-electron chi connectivity index (χ3n) is 4.28. The maximum atomic E-state index is 12.8. The van der Waals surface area contributed by atoms with E-state index >= 15 is 0 Å². The van der Waals surface area contributed by atoms with Crippen molar-refractivity contribution >= 4 is 37.3 Å². The van der Waals surface area contributed by atoms with Crippen molar-refractivity contribution in [2.24, 2.45) is 0 Å². The van der Waals surface area contributed by atoms with Crippen molar-refractivity contribution in [2.75, 3.05) is 22.7 Å². The molecule has 0 aliphatic rings. The average molecular weight is 425 g/mol. The summed E-state index contributed by atoms with van der Waals surface area (Å²) in [5, 5.41) is 0. The van der Waals surface area contributed by atoms with Gasteiger partial charge in [0.25, 0.3) is 10.0 Å². The van der Waals surface area contributed by atoms with Gasteiger partial charge in [0.2, 0.25) is 0 Å². The SMILES string of the molecule is CCc1cc(Br)ccc1S(=O)(=O)Nc1ccc(N(CC)CC)cc1C. The normalized spacial score (nSPS) is 11.4. The van der Waals surface area contributed by atoms with Crippen molar-refractivity contribution in [3.63, 3.8) is 0 Å². The molecule has 0 bridgehead atoms. The Hall–Kier alpha value is -1.53. The molecule has 2 aromatic rings. The molecule has 25 heavy (non-hydrogen) atoms. The summed E-state index contributed by atoms with van der Waals surface area (Å²) in [4.78, 5) is 2.56. The Bertz CT molecular complexity index is 846. The summed E-state index contributed by atoms with van der Waals surface area (Å²) in [5.41, 5.74) is 3.41. The number of nitrogens with zero attached hydrogens (tertiary/aromatic N) is 1. The van der Waals surface area contributed by atoms with Gasteiger partial charge in [0.05, 0.1) is 10.6 Å². The molecule has 0 aliphatic heterocycles. The molecule has 0 fully saturated rings. The van der Waals surface area contributed by atoms with E-state index in [0.29, 0.717) is 17.0 Å². The van der Waals surface area contributed by atoms with E-state index < -0.39 is 10.0 Å². The summed E-state index contributed by atoms with van der Waals surface area (Å²) in [6.07, 6.45) is 0.648. The Labute approximate surface area is 159 Å². The van der Waals surface area contributed by atoms with Gasteiger partial charge in [-0.1, -0.05) is 22.9 Å². The van der Waals surface area contributed by atoms with Crippen LogP contribution in [0.15, 0.2) is 45.8 Å². The van der Waals surface area contributed by atoms with E-state index in [0.717, 1.165) is 34.4 Å². The molecule has 2 aromatic carbocycles.